The quantitative estimate of drug-likeness (QED) is 0.541. The molecule has 1 rings (SSSR count). The average molecular weight is 156 g/mol. The van der Waals surface area contributed by atoms with Crippen molar-refractivity contribution in [1.29, 1.82) is 0 Å². The number of esters is 1. The van der Waals surface area contributed by atoms with Gasteiger partial charge in [0.25, 0.3) is 0 Å². The lowest BCUT2D eigenvalue weighted by atomic mass is 9.84. The second-order valence-corrected chi connectivity index (χ2v) is 3.77. The zero-order chi connectivity index (χ0) is 8.59. The minimum Gasteiger partial charge on any atom is -0.462 e. The first-order valence-electron chi connectivity index (χ1n) is 4.24. The third-order valence-corrected chi connectivity index (χ3v) is 2.60. The minimum absolute atomic E-state index is 0.0139. The van der Waals surface area contributed by atoms with Gasteiger partial charge in [-0.15, -0.1) is 0 Å². The van der Waals surface area contributed by atoms with E-state index in [4.69, 9.17) is 4.74 Å². The van der Waals surface area contributed by atoms with Crippen molar-refractivity contribution in [3.05, 3.63) is 0 Å². The Balaban J connectivity index is 2.71. The molecule has 0 amide bonds. The van der Waals surface area contributed by atoms with Crippen molar-refractivity contribution in [2.75, 3.05) is 0 Å². The first-order valence-corrected chi connectivity index (χ1v) is 4.24. The number of ether oxygens (including phenoxy) is 1. The fourth-order valence-electron chi connectivity index (χ4n) is 1.76. The first-order chi connectivity index (χ1) is 5.04. The highest BCUT2D eigenvalue weighted by molar-refractivity contribution is 5.75. The van der Waals surface area contributed by atoms with Crippen LogP contribution in [0.1, 0.15) is 27.7 Å². The van der Waals surface area contributed by atoms with Gasteiger partial charge in [0, 0.05) is 5.92 Å². The van der Waals surface area contributed by atoms with Gasteiger partial charge in [0.2, 0.25) is 0 Å². The summed E-state index contributed by atoms with van der Waals surface area (Å²) in [4.78, 5) is 11.2. The Hall–Kier alpha value is -0.530. The molecule has 2 nitrogen and oxygen atoms in total. The number of rotatable bonds is 1. The predicted molar refractivity (Wildman–Crippen MR) is 43.0 cm³/mol. The van der Waals surface area contributed by atoms with Crippen molar-refractivity contribution < 1.29 is 9.53 Å². The summed E-state index contributed by atoms with van der Waals surface area (Å²) in [6.07, 6.45) is 0.106. The summed E-state index contributed by atoms with van der Waals surface area (Å²) >= 11 is 0. The van der Waals surface area contributed by atoms with Gasteiger partial charge in [-0.1, -0.05) is 20.8 Å². The molecule has 1 heterocycles. The van der Waals surface area contributed by atoms with E-state index in [1.54, 1.807) is 0 Å². The van der Waals surface area contributed by atoms with Crippen LogP contribution in [0.25, 0.3) is 0 Å². The molecule has 0 saturated carbocycles. The molecular formula is C9H16O2. The van der Waals surface area contributed by atoms with Gasteiger partial charge in [-0.2, -0.15) is 0 Å². The van der Waals surface area contributed by atoms with E-state index in [0.29, 0.717) is 11.8 Å². The molecule has 0 bridgehead atoms. The van der Waals surface area contributed by atoms with Crippen LogP contribution in [0, 0.1) is 17.8 Å². The third-order valence-electron chi connectivity index (χ3n) is 2.60. The van der Waals surface area contributed by atoms with Gasteiger partial charge < -0.3 is 4.74 Å². The second kappa shape index (κ2) is 2.84. The fraction of sp³-hybridized carbons (Fsp3) is 0.889. The highest BCUT2D eigenvalue weighted by Crippen LogP contribution is 2.32. The minimum atomic E-state index is -0.0139. The van der Waals surface area contributed by atoms with E-state index in [2.05, 4.69) is 20.8 Å². The molecule has 3 unspecified atom stereocenters. The Kier molecular flexibility index (Phi) is 2.21. The van der Waals surface area contributed by atoms with Crippen molar-refractivity contribution in [2.24, 2.45) is 17.8 Å². The standard InChI is InChI=1S/C9H16O2/c1-5(2)8-6(3)7(4)11-9(8)10/h5-8H,1-4H3. The zero-order valence-electron chi connectivity index (χ0n) is 7.63. The van der Waals surface area contributed by atoms with Crippen LogP contribution in [0.4, 0.5) is 0 Å². The summed E-state index contributed by atoms with van der Waals surface area (Å²) in [5.41, 5.74) is 0. The van der Waals surface area contributed by atoms with Gasteiger partial charge in [-0.05, 0) is 12.8 Å². The van der Waals surface area contributed by atoms with E-state index in [-0.39, 0.29) is 18.0 Å². The summed E-state index contributed by atoms with van der Waals surface area (Å²) in [7, 11) is 0. The molecule has 2 heteroatoms. The molecule has 1 aliphatic heterocycles. The molecule has 0 radical (unpaired) electrons. The van der Waals surface area contributed by atoms with Crippen LogP contribution in [0.3, 0.4) is 0 Å². The Morgan fingerprint density at radius 1 is 1.36 bits per heavy atom. The molecule has 11 heavy (non-hydrogen) atoms. The van der Waals surface area contributed by atoms with E-state index in [1.807, 2.05) is 6.92 Å². The van der Waals surface area contributed by atoms with Crippen LogP contribution < -0.4 is 0 Å². The van der Waals surface area contributed by atoms with Crippen LogP contribution in [0.5, 0.6) is 0 Å². The molecule has 0 N–H and O–H groups in total. The Morgan fingerprint density at radius 2 is 1.91 bits per heavy atom. The molecule has 0 aromatic carbocycles. The fourth-order valence-corrected chi connectivity index (χ4v) is 1.76. The molecule has 1 aliphatic rings. The Bertz CT molecular complexity index is 163. The molecule has 3 atom stereocenters. The average Bonchev–Trinajstić information content (AvgIpc) is 2.07. The summed E-state index contributed by atoms with van der Waals surface area (Å²) in [6.45, 7) is 8.19. The highest BCUT2D eigenvalue weighted by atomic mass is 16.6. The molecule has 0 aromatic heterocycles. The summed E-state index contributed by atoms with van der Waals surface area (Å²) in [6, 6.07) is 0. The number of carbonyl (C=O) groups excluding carboxylic acids is 1. The summed E-state index contributed by atoms with van der Waals surface area (Å²) in [5.74, 6) is 0.884. The number of hydrogen-bond acceptors (Lipinski definition) is 2. The molecule has 0 aliphatic carbocycles. The molecular weight excluding hydrogens is 140 g/mol. The molecule has 1 saturated heterocycles. The van der Waals surface area contributed by atoms with Gasteiger partial charge in [0.15, 0.2) is 0 Å². The van der Waals surface area contributed by atoms with Gasteiger partial charge in [-0.3, -0.25) is 4.79 Å². The first kappa shape index (κ1) is 8.57. The molecule has 1 fully saturated rings. The topological polar surface area (TPSA) is 26.3 Å². The van der Waals surface area contributed by atoms with Crippen molar-refractivity contribution in [1.82, 2.24) is 0 Å². The maximum absolute atomic E-state index is 11.2. The normalized spacial score (nSPS) is 37.9. The number of cyclic esters (lactones) is 1. The predicted octanol–water partition coefficient (Wildman–Crippen LogP) is 1.84. The van der Waals surface area contributed by atoms with Crippen LogP contribution in [-0.2, 0) is 9.53 Å². The van der Waals surface area contributed by atoms with Crippen LogP contribution in [0.2, 0.25) is 0 Å². The van der Waals surface area contributed by atoms with E-state index >= 15 is 0 Å². The maximum atomic E-state index is 11.2. The van der Waals surface area contributed by atoms with Gasteiger partial charge >= 0.3 is 5.97 Å². The zero-order valence-corrected chi connectivity index (χ0v) is 7.63. The van der Waals surface area contributed by atoms with E-state index in [1.165, 1.54) is 0 Å². The van der Waals surface area contributed by atoms with Crippen LogP contribution in [-0.4, -0.2) is 12.1 Å². The summed E-state index contributed by atoms with van der Waals surface area (Å²) < 4.78 is 5.11. The number of hydrogen-bond donors (Lipinski definition) is 0. The van der Waals surface area contributed by atoms with Crippen LogP contribution >= 0.6 is 0 Å². The highest BCUT2D eigenvalue weighted by Gasteiger charge is 2.40. The number of carbonyl (C=O) groups is 1. The van der Waals surface area contributed by atoms with Gasteiger partial charge in [-0.25, -0.2) is 0 Å². The largest absolute Gasteiger partial charge is 0.462 e. The molecule has 64 valence electrons. The van der Waals surface area contributed by atoms with Crippen molar-refractivity contribution in [2.45, 2.75) is 33.8 Å². The SMILES string of the molecule is CC(C)C1C(=O)OC(C)C1C. The van der Waals surface area contributed by atoms with Crippen LogP contribution in [0.15, 0.2) is 0 Å². The maximum Gasteiger partial charge on any atom is 0.309 e. The lowest BCUT2D eigenvalue weighted by molar-refractivity contribution is -0.144. The van der Waals surface area contributed by atoms with Gasteiger partial charge in [0.1, 0.15) is 6.10 Å². The van der Waals surface area contributed by atoms with E-state index in [9.17, 15) is 4.79 Å². The Labute approximate surface area is 67.9 Å². The van der Waals surface area contributed by atoms with Crippen molar-refractivity contribution in [3.63, 3.8) is 0 Å². The van der Waals surface area contributed by atoms with Gasteiger partial charge in [0.05, 0.1) is 5.92 Å². The van der Waals surface area contributed by atoms with Crippen molar-refractivity contribution in [3.8, 4) is 0 Å². The monoisotopic (exact) mass is 156 g/mol. The van der Waals surface area contributed by atoms with E-state index in [0.717, 1.165) is 0 Å². The van der Waals surface area contributed by atoms with Crippen molar-refractivity contribution >= 4 is 5.97 Å². The molecule has 0 aromatic rings. The molecule has 0 spiro atoms. The lowest BCUT2D eigenvalue weighted by Crippen LogP contribution is -2.21. The lowest BCUT2D eigenvalue weighted by Gasteiger charge is -2.15. The third kappa shape index (κ3) is 1.39. The smallest absolute Gasteiger partial charge is 0.309 e. The summed E-state index contributed by atoms with van der Waals surface area (Å²) in [5, 5.41) is 0. The van der Waals surface area contributed by atoms with E-state index < -0.39 is 0 Å². The second-order valence-electron chi connectivity index (χ2n) is 3.77. The Morgan fingerprint density at radius 3 is 2.09 bits per heavy atom.